The lowest BCUT2D eigenvalue weighted by molar-refractivity contribution is 0.168. The number of aliphatic imine (C=N–C) groups is 1. The Balaban J connectivity index is 1.53. The Morgan fingerprint density at radius 3 is 2.83 bits per heavy atom. The van der Waals surface area contributed by atoms with Crippen molar-refractivity contribution in [2.45, 2.75) is 52.0 Å². The molecule has 1 aromatic heterocycles. The third kappa shape index (κ3) is 4.47. The van der Waals surface area contributed by atoms with Crippen LogP contribution < -0.4 is 5.32 Å². The molecule has 0 aliphatic carbocycles. The third-order valence-electron chi connectivity index (χ3n) is 4.86. The van der Waals surface area contributed by atoms with Crippen LogP contribution in [-0.2, 0) is 6.42 Å². The molecule has 24 heavy (non-hydrogen) atoms. The fraction of sp³-hybridized carbons (Fsp3) is 0.824. The van der Waals surface area contributed by atoms with Crippen LogP contribution in [-0.4, -0.2) is 71.2 Å². The van der Waals surface area contributed by atoms with Crippen LogP contribution in [0.25, 0.3) is 0 Å². The van der Waals surface area contributed by atoms with Gasteiger partial charge in [0.1, 0.15) is 0 Å². The van der Waals surface area contributed by atoms with Crippen LogP contribution in [0.4, 0.5) is 0 Å². The van der Waals surface area contributed by atoms with Gasteiger partial charge < -0.3 is 14.7 Å². The minimum absolute atomic E-state index is 0.666. The number of aromatic nitrogens is 2. The average molecular weight is 334 g/mol. The summed E-state index contributed by atoms with van der Waals surface area (Å²) in [5.41, 5.74) is 0. The molecule has 0 amide bonds. The highest BCUT2D eigenvalue weighted by molar-refractivity contribution is 5.80. The van der Waals surface area contributed by atoms with Crippen LogP contribution in [0.1, 0.15) is 44.3 Å². The Labute approximate surface area is 144 Å². The highest BCUT2D eigenvalue weighted by atomic mass is 16.5. The van der Waals surface area contributed by atoms with Crippen molar-refractivity contribution < 1.29 is 4.52 Å². The van der Waals surface area contributed by atoms with Crippen LogP contribution in [0.3, 0.4) is 0 Å². The molecule has 2 aliphatic rings. The Morgan fingerprint density at radius 1 is 1.29 bits per heavy atom. The van der Waals surface area contributed by atoms with Gasteiger partial charge in [0, 0.05) is 32.1 Å². The molecule has 2 saturated heterocycles. The highest BCUT2D eigenvalue weighted by Crippen LogP contribution is 2.20. The first-order valence-electron chi connectivity index (χ1n) is 9.32. The van der Waals surface area contributed by atoms with Crippen molar-refractivity contribution in [3.63, 3.8) is 0 Å². The fourth-order valence-corrected chi connectivity index (χ4v) is 3.64. The molecule has 0 radical (unpaired) electrons. The maximum atomic E-state index is 5.16. The molecule has 7 nitrogen and oxygen atoms in total. The lowest BCUT2D eigenvalue weighted by Crippen LogP contribution is -2.44. The van der Waals surface area contributed by atoms with Gasteiger partial charge in [0.05, 0.1) is 6.54 Å². The fourth-order valence-electron chi connectivity index (χ4n) is 3.64. The predicted octanol–water partition coefficient (Wildman–Crippen LogP) is 1.45. The number of nitrogens with one attached hydrogen (secondary N) is 1. The summed E-state index contributed by atoms with van der Waals surface area (Å²) in [6, 6.07) is 0.688. The Kier molecular flexibility index (Phi) is 6.07. The number of likely N-dealkylation sites (tertiary alicyclic amines) is 2. The number of guanidine groups is 1. The van der Waals surface area contributed by atoms with E-state index in [1.807, 2.05) is 6.92 Å². The van der Waals surface area contributed by atoms with E-state index in [1.165, 1.54) is 38.8 Å². The molecule has 1 aromatic rings. The van der Waals surface area contributed by atoms with Gasteiger partial charge in [0.25, 0.3) is 0 Å². The zero-order valence-corrected chi connectivity index (χ0v) is 15.0. The first-order valence-corrected chi connectivity index (χ1v) is 9.32. The standard InChI is InChI=1S/C17H30N6O/c1-3-18-17(19-9-7-16-20-14(2)21-24-16)23-12-8-15(13-23)22-10-5-4-6-11-22/h15H,3-13H2,1-2H3,(H,18,19). The van der Waals surface area contributed by atoms with E-state index < -0.39 is 0 Å². The molecule has 2 fully saturated rings. The van der Waals surface area contributed by atoms with Crippen LogP contribution in [0.2, 0.25) is 0 Å². The number of rotatable bonds is 5. The molecule has 0 spiro atoms. The number of hydrogen-bond donors (Lipinski definition) is 1. The van der Waals surface area contributed by atoms with Crippen molar-refractivity contribution in [2.75, 3.05) is 39.3 Å². The van der Waals surface area contributed by atoms with Gasteiger partial charge in [-0.15, -0.1) is 0 Å². The number of hydrogen-bond acceptors (Lipinski definition) is 5. The molecule has 0 bridgehead atoms. The first kappa shape index (κ1) is 17.2. The highest BCUT2D eigenvalue weighted by Gasteiger charge is 2.29. The van der Waals surface area contributed by atoms with Gasteiger partial charge in [-0.3, -0.25) is 9.89 Å². The Bertz CT molecular complexity index is 537. The van der Waals surface area contributed by atoms with E-state index in [0.717, 1.165) is 25.6 Å². The predicted molar refractivity (Wildman–Crippen MR) is 94.1 cm³/mol. The summed E-state index contributed by atoms with van der Waals surface area (Å²) in [6.45, 7) is 10.2. The zero-order chi connectivity index (χ0) is 16.8. The minimum Gasteiger partial charge on any atom is -0.357 e. The van der Waals surface area contributed by atoms with Crippen molar-refractivity contribution in [3.8, 4) is 0 Å². The number of piperidine rings is 1. The summed E-state index contributed by atoms with van der Waals surface area (Å²) in [5, 5.41) is 7.25. The maximum Gasteiger partial charge on any atom is 0.228 e. The van der Waals surface area contributed by atoms with Crippen molar-refractivity contribution in [1.82, 2.24) is 25.3 Å². The lowest BCUT2D eigenvalue weighted by Gasteiger charge is -2.32. The smallest absolute Gasteiger partial charge is 0.228 e. The lowest BCUT2D eigenvalue weighted by atomic mass is 10.1. The topological polar surface area (TPSA) is 69.8 Å². The molecular weight excluding hydrogens is 304 g/mol. The zero-order valence-electron chi connectivity index (χ0n) is 15.0. The average Bonchev–Trinajstić information content (AvgIpc) is 3.24. The summed E-state index contributed by atoms with van der Waals surface area (Å²) in [7, 11) is 0. The molecule has 1 unspecified atom stereocenters. The molecule has 2 aliphatic heterocycles. The van der Waals surface area contributed by atoms with Crippen LogP contribution in [0.5, 0.6) is 0 Å². The third-order valence-corrected chi connectivity index (χ3v) is 4.86. The summed E-state index contributed by atoms with van der Waals surface area (Å²) >= 11 is 0. The second-order valence-electron chi connectivity index (χ2n) is 6.71. The summed E-state index contributed by atoms with van der Waals surface area (Å²) in [6.07, 6.45) is 6.04. The monoisotopic (exact) mass is 334 g/mol. The van der Waals surface area contributed by atoms with Crippen molar-refractivity contribution >= 4 is 5.96 Å². The van der Waals surface area contributed by atoms with Gasteiger partial charge in [0.15, 0.2) is 11.8 Å². The van der Waals surface area contributed by atoms with Crippen LogP contribution in [0.15, 0.2) is 9.52 Å². The van der Waals surface area contributed by atoms with Gasteiger partial charge in [-0.1, -0.05) is 11.6 Å². The molecule has 3 heterocycles. The maximum absolute atomic E-state index is 5.16. The summed E-state index contributed by atoms with van der Waals surface area (Å²) in [4.78, 5) is 14.1. The molecule has 134 valence electrons. The number of aryl methyl sites for hydroxylation is 1. The molecule has 1 atom stereocenters. The SMILES string of the molecule is CCNC(=NCCc1nc(C)no1)N1CCC(N2CCCCC2)C1. The molecule has 0 aromatic carbocycles. The van der Waals surface area contributed by atoms with Crippen LogP contribution >= 0.6 is 0 Å². The van der Waals surface area contributed by atoms with Crippen molar-refractivity contribution in [2.24, 2.45) is 4.99 Å². The second-order valence-corrected chi connectivity index (χ2v) is 6.71. The van der Waals surface area contributed by atoms with E-state index in [0.29, 0.717) is 30.7 Å². The molecule has 1 N–H and O–H groups in total. The molecule has 3 rings (SSSR count). The van der Waals surface area contributed by atoms with Crippen molar-refractivity contribution in [1.29, 1.82) is 0 Å². The Morgan fingerprint density at radius 2 is 2.12 bits per heavy atom. The van der Waals surface area contributed by atoms with Gasteiger partial charge in [-0.2, -0.15) is 4.98 Å². The Hall–Kier alpha value is -1.63. The van der Waals surface area contributed by atoms with E-state index in [9.17, 15) is 0 Å². The van der Waals surface area contributed by atoms with Crippen molar-refractivity contribution in [3.05, 3.63) is 11.7 Å². The quantitative estimate of drug-likeness (QED) is 0.649. The normalized spacial score (nSPS) is 23.0. The summed E-state index contributed by atoms with van der Waals surface area (Å²) in [5.74, 6) is 2.37. The summed E-state index contributed by atoms with van der Waals surface area (Å²) < 4.78 is 5.16. The minimum atomic E-state index is 0.666. The van der Waals surface area contributed by atoms with E-state index in [2.05, 4.69) is 32.2 Å². The van der Waals surface area contributed by atoms with E-state index in [4.69, 9.17) is 9.52 Å². The number of nitrogens with zero attached hydrogens (tertiary/aromatic N) is 5. The van der Waals surface area contributed by atoms with Gasteiger partial charge >= 0.3 is 0 Å². The van der Waals surface area contributed by atoms with Gasteiger partial charge in [0.2, 0.25) is 5.89 Å². The largest absolute Gasteiger partial charge is 0.357 e. The first-order chi connectivity index (χ1) is 11.8. The van der Waals surface area contributed by atoms with E-state index in [1.54, 1.807) is 0 Å². The second kappa shape index (κ2) is 8.46. The van der Waals surface area contributed by atoms with E-state index in [-0.39, 0.29) is 0 Å². The molecule has 0 saturated carbocycles. The van der Waals surface area contributed by atoms with Gasteiger partial charge in [-0.05, 0) is 46.2 Å². The van der Waals surface area contributed by atoms with Crippen LogP contribution in [0, 0.1) is 6.92 Å². The molecule has 7 heteroatoms. The molecular formula is C17H30N6O. The van der Waals surface area contributed by atoms with E-state index >= 15 is 0 Å². The van der Waals surface area contributed by atoms with Gasteiger partial charge in [-0.25, -0.2) is 0 Å².